The Balaban J connectivity index is 2.79. The van der Waals surface area contributed by atoms with Crippen molar-refractivity contribution in [3.05, 3.63) is 0 Å². The molecule has 120 valence electrons. The summed E-state index contributed by atoms with van der Waals surface area (Å²) in [6, 6.07) is -0.118. The molecule has 1 saturated heterocycles. The number of piperidine rings is 1. The summed E-state index contributed by atoms with van der Waals surface area (Å²) in [4.78, 5) is 40.1. The van der Waals surface area contributed by atoms with Gasteiger partial charge in [-0.3, -0.25) is 4.79 Å². The van der Waals surface area contributed by atoms with Crippen LogP contribution in [0.4, 0.5) is 4.79 Å². The Morgan fingerprint density at radius 3 is 2.24 bits per heavy atom. The van der Waals surface area contributed by atoms with Crippen LogP contribution < -0.4 is 0 Å². The van der Waals surface area contributed by atoms with E-state index in [4.69, 9.17) is 0 Å². The van der Waals surface area contributed by atoms with Crippen LogP contribution in [0.2, 0.25) is 0 Å². The van der Waals surface area contributed by atoms with Crippen LogP contribution in [0.5, 0.6) is 0 Å². The highest BCUT2D eigenvalue weighted by molar-refractivity contribution is 5.88. The number of aliphatic carboxylic acids is 1. The zero-order chi connectivity index (χ0) is 16.4. The van der Waals surface area contributed by atoms with Crippen molar-refractivity contribution in [2.45, 2.75) is 32.2 Å². The molecule has 0 radical (unpaired) electrons. The third-order valence-electron chi connectivity index (χ3n) is 4.12. The van der Waals surface area contributed by atoms with Crippen LogP contribution in [0, 0.1) is 5.92 Å². The maximum Gasteiger partial charge on any atom is 0.329 e. The average Bonchev–Trinajstić information content (AvgIpc) is 2.44. The van der Waals surface area contributed by atoms with E-state index in [1.807, 2.05) is 0 Å². The molecule has 1 aliphatic heterocycles. The summed E-state index contributed by atoms with van der Waals surface area (Å²) in [5, 5.41) is 9.21. The molecule has 1 heterocycles. The van der Waals surface area contributed by atoms with Gasteiger partial charge < -0.3 is 19.8 Å². The van der Waals surface area contributed by atoms with Gasteiger partial charge >= 0.3 is 12.0 Å². The molecule has 1 rings (SSSR count). The molecule has 0 bridgehead atoms. The van der Waals surface area contributed by atoms with Gasteiger partial charge in [-0.2, -0.15) is 0 Å². The number of amides is 3. The third-order valence-corrected chi connectivity index (χ3v) is 4.12. The lowest BCUT2D eigenvalue weighted by atomic mass is 9.94. The van der Waals surface area contributed by atoms with Crippen molar-refractivity contribution in [1.29, 1.82) is 0 Å². The first kappa shape index (κ1) is 17.3. The van der Waals surface area contributed by atoms with Crippen LogP contribution in [0.25, 0.3) is 0 Å². The molecule has 7 nitrogen and oxygen atoms in total. The number of rotatable bonds is 3. The quantitative estimate of drug-likeness (QED) is 0.832. The Labute approximate surface area is 125 Å². The van der Waals surface area contributed by atoms with E-state index >= 15 is 0 Å². The first-order valence-electron chi connectivity index (χ1n) is 7.06. The van der Waals surface area contributed by atoms with E-state index in [9.17, 15) is 19.5 Å². The van der Waals surface area contributed by atoms with Crippen molar-refractivity contribution < 1.29 is 19.5 Å². The van der Waals surface area contributed by atoms with Crippen molar-refractivity contribution in [1.82, 2.24) is 14.7 Å². The first-order chi connectivity index (χ1) is 9.59. The minimum atomic E-state index is -1.26. The number of carboxylic acid groups (broad SMARTS) is 1. The average molecular weight is 299 g/mol. The van der Waals surface area contributed by atoms with E-state index in [1.54, 1.807) is 19.0 Å². The molecule has 21 heavy (non-hydrogen) atoms. The summed E-state index contributed by atoms with van der Waals surface area (Å²) in [7, 11) is 4.85. The highest BCUT2D eigenvalue weighted by Crippen LogP contribution is 2.23. The molecule has 7 heteroatoms. The molecular formula is C14H25N3O4. The highest BCUT2D eigenvalue weighted by Gasteiger charge is 2.39. The van der Waals surface area contributed by atoms with E-state index in [0.717, 1.165) is 6.42 Å². The van der Waals surface area contributed by atoms with Crippen LogP contribution in [0.3, 0.4) is 0 Å². The van der Waals surface area contributed by atoms with Crippen molar-refractivity contribution in [2.75, 3.05) is 34.2 Å². The fourth-order valence-corrected chi connectivity index (χ4v) is 2.33. The van der Waals surface area contributed by atoms with Crippen molar-refractivity contribution in [3.8, 4) is 0 Å². The normalized spacial score (nSPS) is 19.1. The number of hydrogen-bond acceptors (Lipinski definition) is 3. The summed E-state index contributed by atoms with van der Waals surface area (Å²) in [6.45, 7) is 3.97. The Morgan fingerprint density at radius 1 is 1.19 bits per heavy atom. The van der Waals surface area contributed by atoms with Crippen LogP contribution in [0.1, 0.15) is 26.7 Å². The zero-order valence-corrected chi connectivity index (χ0v) is 13.4. The molecule has 1 atom stereocenters. The van der Waals surface area contributed by atoms with Gasteiger partial charge in [-0.1, -0.05) is 0 Å². The number of carbonyl (C=O) groups excluding carboxylic acids is 2. The van der Waals surface area contributed by atoms with Gasteiger partial charge in [0.2, 0.25) is 5.91 Å². The van der Waals surface area contributed by atoms with Gasteiger partial charge in [0.05, 0.1) is 5.92 Å². The molecule has 0 aromatic carbocycles. The summed E-state index contributed by atoms with van der Waals surface area (Å²) in [5.41, 5.74) is -1.26. The lowest BCUT2D eigenvalue weighted by Crippen LogP contribution is -2.55. The summed E-state index contributed by atoms with van der Waals surface area (Å²) in [5.74, 6) is -1.61. The SMILES string of the molecule is CN(C)C(=O)N1CCCC(C(=O)N(C)C(C)(C)C(=O)O)C1. The van der Waals surface area contributed by atoms with Gasteiger partial charge in [-0.25, -0.2) is 9.59 Å². The van der Waals surface area contributed by atoms with Gasteiger partial charge in [-0.15, -0.1) is 0 Å². The molecule has 0 aliphatic carbocycles. The maximum atomic E-state index is 12.5. The highest BCUT2D eigenvalue weighted by atomic mass is 16.4. The lowest BCUT2D eigenvalue weighted by molar-refractivity contribution is -0.157. The Hall–Kier alpha value is -1.79. The number of nitrogens with zero attached hydrogens (tertiary/aromatic N) is 3. The number of urea groups is 1. The molecule has 1 N–H and O–H groups in total. The standard InChI is InChI=1S/C14H25N3O4/c1-14(2,12(19)20)16(5)11(18)10-7-6-8-17(9-10)13(21)15(3)4/h10H,6-9H2,1-5H3,(H,19,20). The van der Waals surface area contributed by atoms with E-state index in [2.05, 4.69) is 0 Å². The minimum Gasteiger partial charge on any atom is -0.480 e. The van der Waals surface area contributed by atoms with E-state index < -0.39 is 11.5 Å². The van der Waals surface area contributed by atoms with E-state index in [-0.39, 0.29) is 17.9 Å². The number of likely N-dealkylation sites (N-methyl/N-ethyl adjacent to an activating group) is 1. The molecular weight excluding hydrogens is 274 g/mol. The third kappa shape index (κ3) is 3.65. The van der Waals surface area contributed by atoms with Crippen molar-refractivity contribution in [3.63, 3.8) is 0 Å². The fraction of sp³-hybridized carbons (Fsp3) is 0.786. The Kier molecular flexibility index (Phi) is 5.20. The van der Waals surface area contributed by atoms with Gasteiger partial charge in [0.25, 0.3) is 0 Å². The van der Waals surface area contributed by atoms with Gasteiger partial charge in [0.15, 0.2) is 0 Å². The predicted octanol–water partition coefficient (Wildman–Crippen LogP) is 0.702. The van der Waals surface area contributed by atoms with Crippen LogP contribution in [-0.2, 0) is 9.59 Å². The largest absolute Gasteiger partial charge is 0.480 e. The lowest BCUT2D eigenvalue weighted by Gasteiger charge is -2.38. The summed E-state index contributed by atoms with van der Waals surface area (Å²) >= 11 is 0. The smallest absolute Gasteiger partial charge is 0.329 e. The topological polar surface area (TPSA) is 81.2 Å². The second-order valence-corrected chi connectivity index (χ2v) is 6.22. The molecule has 3 amide bonds. The molecule has 0 saturated carbocycles. The van der Waals surface area contributed by atoms with Crippen molar-refractivity contribution in [2.24, 2.45) is 5.92 Å². The van der Waals surface area contributed by atoms with E-state index in [0.29, 0.717) is 19.5 Å². The van der Waals surface area contributed by atoms with Crippen LogP contribution >= 0.6 is 0 Å². The number of carbonyl (C=O) groups is 3. The minimum absolute atomic E-state index is 0.118. The number of likely N-dealkylation sites (tertiary alicyclic amines) is 1. The second kappa shape index (κ2) is 6.32. The van der Waals surface area contributed by atoms with Gasteiger partial charge in [-0.05, 0) is 26.7 Å². The van der Waals surface area contributed by atoms with Crippen LogP contribution in [0.15, 0.2) is 0 Å². The van der Waals surface area contributed by atoms with Gasteiger partial charge in [0, 0.05) is 34.2 Å². The van der Waals surface area contributed by atoms with Crippen LogP contribution in [-0.4, -0.2) is 77.5 Å². The first-order valence-corrected chi connectivity index (χ1v) is 7.06. The molecule has 1 fully saturated rings. The summed E-state index contributed by atoms with van der Waals surface area (Å²) < 4.78 is 0. The van der Waals surface area contributed by atoms with E-state index in [1.165, 1.54) is 30.7 Å². The molecule has 0 spiro atoms. The second-order valence-electron chi connectivity index (χ2n) is 6.22. The molecule has 0 aromatic rings. The molecule has 0 aromatic heterocycles. The monoisotopic (exact) mass is 299 g/mol. The number of hydrogen-bond donors (Lipinski definition) is 1. The zero-order valence-electron chi connectivity index (χ0n) is 13.4. The Bertz CT molecular complexity index is 434. The molecule has 1 unspecified atom stereocenters. The molecule has 1 aliphatic rings. The maximum absolute atomic E-state index is 12.5. The van der Waals surface area contributed by atoms with Gasteiger partial charge in [0.1, 0.15) is 5.54 Å². The van der Waals surface area contributed by atoms with Crippen molar-refractivity contribution >= 4 is 17.9 Å². The number of carboxylic acids is 1. The fourth-order valence-electron chi connectivity index (χ4n) is 2.33. The predicted molar refractivity (Wildman–Crippen MR) is 77.9 cm³/mol. The Morgan fingerprint density at radius 2 is 1.76 bits per heavy atom. The summed E-state index contributed by atoms with van der Waals surface area (Å²) in [6.07, 6.45) is 1.42.